The second kappa shape index (κ2) is 6.73. The van der Waals surface area contributed by atoms with E-state index in [2.05, 4.69) is 15.3 Å². The molecule has 1 aromatic carbocycles. The number of nitro groups is 1. The van der Waals surface area contributed by atoms with Gasteiger partial charge in [0.2, 0.25) is 0 Å². The molecule has 3 aromatic rings. The SMILES string of the molecule is Cc1nc(-c2ccccn2)sc1C(=O)Nc1cc([N+](=O)[O-])ccc1F. The lowest BCUT2D eigenvalue weighted by Gasteiger charge is -2.05. The minimum absolute atomic E-state index is 0.258. The molecule has 1 amide bonds. The number of anilines is 1. The molecule has 7 nitrogen and oxygen atoms in total. The summed E-state index contributed by atoms with van der Waals surface area (Å²) >= 11 is 1.11. The van der Waals surface area contributed by atoms with Gasteiger partial charge in [-0.05, 0) is 25.1 Å². The van der Waals surface area contributed by atoms with E-state index in [9.17, 15) is 19.3 Å². The van der Waals surface area contributed by atoms with Gasteiger partial charge < -0.3 is 5.32 Å². The molecule has 0 spiro atoms. The lowest BCUT2D eigenvalue weighted by Crippen LogP contribution is -2.13. The van der Waals surface area contributed by atoms with Gasteiger partial charge in [-0.1, -0.05) is 6.07 Å². The molecule has 0 saturated carbocycles. The van der Waals surface area contributed by atoms with Crippen LogP contribution in [0.15, 0.2) is 42.6 Å². The Morgan fingerprint density at radius 1 is 1.32 bits per heavy atom. The zero-order chi connectivity index (χ0) is 18.0. The van der Waals surface area contributed by atoms with Crippen molar-refractivity contribution in [1.82, 2.24) is 9.97 Å². The Hall–Kier alpha value is -3.20. The number of hydrogen-bond donors (Lipinski definition) is 1. The van der Waals surface area contributed by atoms with Crippen LogP contribution in [0.2, 0.25) is 0 Å². The number of carbonyl (C=O) groups excluding carboxylic acids is 1. The number of nitrogens with one attached hydrogen (secondary N) is 1. The smallest absolute Gasteiger partial charge is 0.271 e. The van der Waals surface area contributed by atoms with Crippen molar-refractivity contribution in [3.8, 4) is 10.7 Å². The average molecular weight is 358 g/mol. The van der Waals surface area contributed by atoms with Crippen LogP contribution in [0.25, 0.3) is 10.7 Å². The van der Waals surface area contributed by atoms with Crippen LogP contribution in [0, 0.1) is 22.9 Å². The van der Waals surface area contributed by atoms with Crippen molar-refractivity contribution in [3.63, 3.8) is 0 Å². The van der Waals surface area contributed by atoms with Gasteiger partial charge in [-0.3, -0.25) is 19.9 Å². The third kappa shape index (κ3) is 3.50. The normalized spacial score (nSPS) is 10.5. The number of nitro benzene ring substituents is 1. The number of rotatable bonds is 4. The highest BCUT2D eigenvalue weighted by Gasteiger charge is 2.19. The van der Waals surface area contributed by atoms with Gasteiger partial charge >= 0.3 is 0 Å². The predicted octanol–water partition coefficient (Wildman–Crippen LogP) is 3.81. The summed E-state index contributed by atoms with van der Waals surface area (Å²) in [6.45, 7) is 1.65. The first-order chi connectivity index (χ1) is 12.0. The van der Waals surface area contributed by atoms with Crippen LogP contribution in [0.1, 0.15) is 15.4 Å². The number of aryl methyl sites for hydroxylation is 1. The second-order valence-electron chi connectivity index (χ2n) is 5.02. The van der Waals surface area contributed by atoms with E-state index in [1.54, 1.807) is 31.3 Å². The second-order valence-corrected chi connectivity index (χ2v) is 6.02. The summed E-state index contributed by atoms with van der Waals surface area (Å²) in [5.41, 5.74) is 0.517. The molecule has 0 unspecified atom stereocenters. The van der Waals surface area contributed by atoms with Gasteiger partial charge in [0, 0.05) is 18.3 Å². The highest BCUT2D eigenvalue weighted by Crippen LogP contribution is 2.28. The minimum Gasteiger partial charge on any atom is -0.318 e. The minimum atomic E-state index is -0.758. The van der Waals surface area contributed by atoms with Crippen LogP contribution in [0.3, 0.4) is 0 Å². The fraction of sp³-hybridized carbons (Fsp3) is 0.0625. The molecule has 0 saturated heterocycles. The molecule has 3 rings (SSSR count). The summed E-state index contributed by atoms with van der Waals surface area (Å²) < 4.78 is 13.8. The molecule has 9 heteroatoms. The predicted molar refractivity (Wildman–Crippen MR) is 91.1 cm³/mol. The first-order valence-electron chi connectivity index (χ1n) is 7.10. The van der Waals surface area contributed by atoms with Crippen molar-refractivity contribution >= 4 is 28.6 Å². The molecule has 0 aliphatic heterocycles. The van der Waals surface area contributed by atoms with Crippen molar-refractivity contribution in [2.24, 2.45) is 0 Å². The van der Waals surface area contributed by atoms with Gasteiger partial charge in [0.1, 0.15) is 15.7 Å². The van der Waals surface area contributed by atoms with E-state index in [1.165, 1.54) is 0 Å². The van der Waals surface area contributed by atoms with E-state index in [-0.39, 0.29) is 16.3 Å². The van der Waals surface area contributed by atoms with Crippen LogP contribution in [0.4, 0.5) is 15.8 Å². The molecular formula is C16H11FN4O3S. The first kappa shape index (κ1) is 16.7. The lowest BCUT2D eigenvalue weighted by atomic mass is 10.2. The molecule has 0 atom stereocenters. The largest absolute Gasteiger partial charge is 0.318 e. The monoisotopic (exact) mass is 358 g/mol. The van der Waals surface area contributed by atoms with Crippen molar-refractivity contribution in [2.45, 2.75) is 6.92 Å². The van der Waals surface area contributed by atoms with Crippen LogP contribution < -0.4 is 5.32 Å². The molecule has 126 valence electrons. The standard InChI is InChI=1S/C16H11FN4O3S/c1-9-14(25-16(19-9)12-4-2-3-7-18-12)15(22)20-13-8-10(21(23)24)5-6-11(13)17/h2-8H,1H3,(H,20,22). The topological polar surface area (TPSA) is 98.0 Å². The number of pyridine rings is 1. The van der Waals surface area contributed by atoms with Crippen LogP contribution in [-0.4, -0.2) is 20.8 Å². The average Bonchev–Trinajstić information content (AvgIpc) is 2.99. The number of carbonyl (C=O) groups is 1. The number of halogens is 1. The van der Waals surface area contributed by atoms with Crippen molar-refractivity contribution in [3.05, 3.63) is 69.1 Å². The molecule has 0 radical (unpaired) electrons. The Bertz CT molecular complexity index is 959. The Labute approximate surface area is 145 Å². The van der Waals surface area contributed by atoms with E-state index in [0.29, 0.717) is 16.4 Å². The number of thiazole rings is 1. The Kier molecular flexibility index (Phi) is 4.48. The van der Waals surface area contributed by atoms with Crippen LogP contribution >= 0.6 is 11.3 Å². The maximum absolute atomic E-state index is 13.8. The maximum atomic E-state index is 13.8. The summed E-state index contributed by atoms with van der Waals surface area (Å²) in [6, 6.07) is 8.28. The molecule has 0 aliphatic carbocycles. The molecule has 0 fully saturated rings. The summed E-state index contributed by atoms with van der Waals surface area (Å²) in [5.74, 6) is -1.34. The van der Waals surface area contributed by atoms with Gasteiger partial charge in [-0.15, -0.1) is 11.3 Å². The van der Waals surface area contributed by atoms with E-state index in [1.807, 2.05) is 0 Å². The fourth-order valence-electron chi connectivity index (χ4n) is 2.11. The molecular weight excluding hydrogens is 347 g/mol. The van der Waals surface area contributed by atoms with Crippen LogP contribution in [0.5, 0.6) is 0 Å². The van der Waals surface area contributed by atoms with Gasteiger partial charge in [-0.25, -0.2) is 9.37 Å². The van der Waals surface area contributed by atoms with E-state index in [4.69, 9.17) is 0 Å². The zero-order valence-corrected chi connectivity index (χ0v) is 13.7. The number of non-ortho nitro benzene ring substituents is 1. The molecule has 2 heterocycles. The summed E-state index contributed by atoms with van der Waals surface area (Å²) in [7, 11) is 0. The molecule has 0 bridgehead atoms. The number of aromatic nitrogens is 2. The Balaban J connectivity index is 1.89. The van der Waals surface area contributed by atoms with Crippen molar-refractivity contribution in [1.29, 1.82) is 0 Å². The number of hydrogen-bond acceptors (Lipinski definition) is 6. The van der Waals surface area contributed by atoms with E-state index >= 15 is 0 Å². The third-order valence-corrected chi connectivity index (χ3v) is 4.47. The molecule has 1 N–H and O–H groups in total. The first-order valence-corrected chi connectivity index (χ1v) is 7.91. The number of nitrogens with zero attached hydrogens (tertiary/aromatic N) is 3. The summed E-state index contributed by atoms with van der Waals surface area (Å²) in [6.07, 6.45) is 1.62. The molecule has 2 aromatic heterocycles. The van der Waals surface area contributed by atoms with Gasteiger partial charge in [0.15, 0.2) is 0 Å². The summed E-state index contributed by atoms with van der Waals surface area (Å²) in [5, 5.41) is 13.7. The highest BCUT2D eigenvalue weighted by molar-refractivity contribution is 7.17. The van der Waals surface area contributed by atoms with Gasteiger partial charge in [0.25, 0.3) is 11.6 Å². The number of amides is 1. The van der Waals surface area contributed by atoms with Crippen molar-refractivity contribution in [2.75, 3.05) is 5.32 Å². The lowest BCUT2D eigenvalue weighted by molar-refractivity contribution is -0.384. The Morgan fingerprint density at radius 2 is 2.12 bits per heavy atom. The van der Waals surface area contributed by atoms with Crippen molar-refractivity contribution < 1.29 is 14.1 Å². The molecule has 0 aliphatic rings. The van der Waals surface area contributed by atoms with E-state index < -0.39 is 16.6 Å². The maximum Gasteiger partial charge on any atom is 0.271 e. The van der Waals surface area contributed by atoms with E-state index in [0.717, 1.165) is 29.5 Å². The zero-order valence-electron chi connectivity index (χ0n) is 12.9. The molecule has 25 heavy (non-hydrogen) atoms. The quantitative estimate of drug-likeness (QED) is 0.565. The van der Waals surface area contributed by atoms with Crippen LogP contribution in [-0.2, 0) is 0 Å². The summed E-state index contributed by atoms with van der Waals surface area (Å²) in [4.78, 5) is 31.3. The van der Waals surface area contributed by atoms with Gasteiger partial charge in [-0.2, -0.15) is 0 Å². The number of benzene rings is 1. The highest BCUT2D eigenvalue weighted by atomic mass is 32.1. The third-order valence-electron chi connectivity index (χ3n) is 3.30. The van der Waals surface area contributed by atoms with Gasteiger partial charge in [0.05, 0.1) is 22.0 Å². The Morgan fingerprint density at radius 3 is 2.80 bits per heavy atom. The fourth-order valence-corrected chi connectivity index (χ4v) is 3.05.